The molecule has 3 N–H and O–H groups in total. The predicted molar refractivity (Wildman–Crippen MR) is 123 cm³/mol. The van der Waals surface area contributed by atoms with Gasteiger partial charge in [-0.1, -0.05) is 57.9 Å². The number of methoxy groups -OCH3 is 1. The molecule has 1 unspecified atom stereocenters. The molecule has 6 nitrogen and oxygen atoms in total. The first kappa shape index (κ1) is 24.7. The lowest BCUT2D eigenvalue weighted by Gasteiger charge is -2.47. The maximum Gasteiger partial charge on any atom is 0.310 e. The number of amides is 1. The Balaban J connectivity index is 1.92. The molecule has 1 amide bonds. The molecular formula is C26H39NO5. The summed E-state index contributed by atoms with van der Waals surface area (Å²) in [5.74, 6) is -0.976. The maximum absolute atomic E-state index is 13.9. The van der Waals surface area contributed by atoms with Crippen LogP contribution in [0.5, 0.6) is 0 Å². The number of aliphatic hydroxyl groups excluding tert-OH is 1. The van der Waals surface area contributed by atoms with Crippen molar-refractivity contribution in [3.63, 3.8) is 0 Å². The van der Waals surface area contributed by atoms with E-state index in [9.17, 15) is 19.8 Å². The third kappa shape index (κ3) is 4.44. The predicted octanol–water partition coefficient (Wildman–Crippen LogP) is 3.74. The second-order valence-electron chi connectivity index (χ2n) is 11.1. The minimum Gasteiger partial charge on any atom is -0.481 e. The molecular weight excluding hydrogens is 406 g/mol. The molecule has 3 rings (SSSR count). The van der Waals surface area contributed by atoms with E-state index < -0.39 is 27.8 Å². The summed E-state index contributed by atoms with van der Waals surface area (Å²) < 4.78 is 5.28. The minimum absolute atomic E-state index is 0.107. The van der Waals surface area contributed by atoms with Gasteiger partial charge in [-0.3, -0.25) is 9.59 Å². The molecule has 2 aliphatic carbocycles. The van der Waals surface area contributed by atoms with Crippen LogP contribution >= 0.6 is 0 Å². The summed E-state index contributed by atoms with van der Waals surface area (Å²) in [7, 11) is 1.58. The number of hydrogen-bond donors (Lipinski definition) is 3. The normalized spacial score (nSPS) is 21.0. The third-order valence-corrected chi connectivity index (χ3v) is 8.12. The van der Waals surface area contributed by atoms with Crippen LogP contribution in [-0.4, -0.2) is 48.0 Å². The Bertz CT molecular complexity index is 812. The number of carbonyl (C=O) groups is 2. The number of benzene rings is 1. The van der Waals surface area contributed by atoms with E-state index in [0.717, 1.165) is 24.0 Å². The molecule has 2 aliphatic rings. The largest absolute Gasteiger partial charge is 0.481 e. The zero-order valence-corrected chi connectivity index (χ0v) is 20.0. The topological polar surface area (TPSA) is 95.9 Å². The first-order chi connectivity index (χ1) is 15.0. The highest BCUT2D eigenvalue weighted by Gasteiger charge is 2.56. The van der Waals surface area contributed by atoms with Crippen molar-refractivity contribution >= 4 is 11.9 Å². The summed E-state index contributed by atoms with van der Waals surface area (Å²) in [4.78, 5) is 26.6. The van der Waals surface area contributed by atoms with Crippen molar-refractivity contribution in [1.29, 1.82) is 0 Å². The summed E-state index contributed by atoms with van der Waals surface area (Å²) in [5.41, 5.74) is -0.817. The second-order valence-corrected chi connectivity index (χ2v) is 11.1. The molecule has 0 aromatic heterocycles. The van der Waals surface area contributed by atoms with Crippen LogP contribution in [0.25, 0.3) is 0 Å². The lowest BCUT2D eigenvalue weighted by atomic mass is 9.57. The number of hydrogen-bond acceptors (Lipinski definition) is 4. The molecule has 1 atom stereocenters. The van der Waals surface area contributed by atoms with Gasteiger partial charge in [0.2, 0.25) is 5.91 Å². The molecule has 1 aromatic rings. The Labute approximate surface area is 191 Å². The number of aliphatic carboxylic acids is 1. The van der Waals surface area contributed by atoms with Gasteiger partial charge in [-0.2, -0.15) is 0 Å². The van der Waals surface area contributed by atoms with Crippen LogP contribution in [0.3, 0.4) is 0 Å². The van der Waals surface area contributed by atoms with Gasteiger partial charge in [-0.05, 0) is 55.1 Å². The quantitative estimate of drug-likeness (QED) is 0.538. The third-order valence-electron chi connectivity index (χ3n) is 8.12. The summed E-state index contributed by atoms with van der Waals surface area (Å²) in [5, 5.41) is 23.9. The molecule has 0 aliphatic heterocycles. The molecule has 0 heterocycles. The van der Waals surface area contributed by atoms with Gasteiger partial charge in [0, 0.05) is 13.7 Å². The number of fused-ring (bicyclic) bond motifs is 1. The van der Waals surface area contributed by atoms with Gasteiger partial charge in [-0.25, -0.2) is 0 Å². The smallest absolute Gasteiger partial charge is 0.310 e. The van der Waals surface area contributed by atoms with Crippen molar-refractivity contribution in [1.82, 2.24) is 5.32 Å². The Kier molecular flexibility index (Phi) is 7.06. The molecule has 0 spiro atoms. The number of carboxylic acids is 1. The van der Waals surface area contributed by atoms with Crippen LogP contribution in [-0.2, 0) is 27.2 Å². The van der Waals surface area contributed by atoms with E-state index in [4.69, 9.17) is 4.74 Å². The zero-order chi connectivity index (χ0) is 23.6. The standard InChI is InChI=1S/C26H39NO5/c1-23(2,3)26(22(30)31,13-14-32-4)17-24(11-7-8-12-24)21(29)27-25(18-28)15-19-9-5-6-10-20(19)16-25/h5-6,9-10,28H,7-8,11-18H2,1-4H3,(H,27,29)(H,30,31). The van der Waals surface area contributed by atoms with Crippen molar-refractivity contribution in [2.75, 3.05) is 20.3 Å². The summed E-state index contributed by atoms with van der Waals surface area (Å²) in [6.07, 6.45) is 4.98. The van der Waals surface area contributed by atoms with Crippen molar-refractivity contribution in [3.8, 4) is 0 Å². The molecule has 178 valence electrons. The Morgan fingerprint density at radius 3 is 2.09 bits per heavy atom. The SMILES string of the molecule is COCCC(CC1(C(=O)NC2(CO)Cc3ccccc3C2)CCCC1)(C(=O)O)C(C)(C)C. The molecule has 0 radical (unpaired) electrons. The number of nitrogens with one attached hydrogen (secondary N) is 1. The van der Waals surface area contributed by atoms with Gasteiger partial charge >= 0.3 is 5.97 Å². The number of ether oxygens (including phenoxy) is 1. The maximum atomic E-state index is 13.9. The fourth-order valence-electron chi connectivity index (χ4n) is 5.93. The van der Waals surface area contributed by atoms with E-state index in [0.29, 0.717) is 38.7 Å². The minimum atomic E-state index is -1.09. The van der Waals surface area contributed by atoms with E-state index in [2.05, 4.69) is 5.32 Å². The molecule has 0 bridgehead atoms. The van der Waals surface area contributed by atoms with E-state index in [-0.39, 0.29) is 18.9 Å². The Hall–Kier alpha value is -1.92. The lowest BCUT2D eigenvalue weighted by molar-refractivity contribution is -0.164. The summed E-state index contributed by atoms with van der Waals surface area (Å²) >= 11 is 0. The van der Waals surface area contributed by atoms with Crippen LogP contribution in [0.2, 0.25) is 0 Å². The fraction of sp³-hybridized carbons (Fsp3) is 0.692. The Morgan fingerprint density at radius 1 is 1.09 bits per heavy atom. The first-order valence-corrected chi connectivity index (χ1v) is 11.8. The lowest BCUT2D eigenvalue weighted by Crippen LogP contribution is -2.58. The van der Waals surface area contributed by atoms with Gasteiger partial charge in [0.25, 0.3) is 0 Å². The zero-order valence-electron chi connectivity index (χ0n) is 20.0. The van der Waals surface area contributed by atoms with Crippen LogP contribution < -0.4 is 5.32 Å². The van der Waals surface area contributed by atoms with Gasteiger partial charge in [0.1, 0.15) is 0 Å². The summed E-state index contributed by atoms with van der Waals surface area (Å²) in [6.45, 7) is 6.02. The summed E-state index contributed by atoms with van der Waals surface area (Å²) in [6, 6.07) is 8.05. The van der Waals surface area contributed by atoms with Gasteiger partial charge < -0.3 is 20.3 Å². The van der Waals surface area contributed by atoms with Crippen molar-refractivity contribution in [2.24, 2.45) is 16.2 Å². The van der Waals surface area contributed by atoms with Crippen LogP contribution in [0.1, 0.15) is 70.4 Å². The average Bonchev–Trinajstić information content (AvgIpc) is 3.35. The molecule has 1 fully saturated rings. The molecule has 6 heteroatoms. The molecule has 0 saturated heterocycles. The number of rotatable bonds is 9. The monoisotopic (exact) mass is 445 g/mol. The highest BCUT2D eigenvalue weighted by molar-refractivity contribution is 5.85. The van der Waals surface area contributed by atoms with Crippen LogP contribution in [0.15, 0.2) is 24.3 Å². The van der Waals surface area contributed by atoms with Gasteiger partial charge in [-0.15, -0.1) is 0 Å². The number of aliphatic hydroxyl groups is 1. The van der Waals surface area contributed by atoms with Crippen molar-refractivity contribution < 1.29 is 24.5 Å². The average molecular weight is 446 g/mol. The molecule has 32 heavy (non-hydrogen) atoms. The fourth-order valence-corrected chi connectivity index (χ4v) is 5.93. The van der Waals surface area contributed by atoms with E-state index in [1.807, 2.05) is 45.0 Å². The van der Waals surface area contributed by atoms with Gasteiger partial charge in [0.05, 0.1) is 23.0 Å². The van der Waals surface area contributed by atoms with Crippen LogP contribution in [0.4, 0.5) is 0 Å². The molecule has 1 saturated carbocycles. The second kappa shape index (κ2) is 9.14. The van der Waals surface area contributed by atoms with Gasteiger partial charge in [0.15, 0.2) is 0 Å². The highest BCUT2D eigenvalue weighted by atomic mass is 16.5. The van der Waals surface area contributed by atoms with Crippen molar-refractivity contribution in [3.05, 3.63) is 35.4 Å². The molecule has 1 aromatic carbocycles. The van der Waals surface area contributed by atoms with E-state index >= 15 is 0 Å². The van der Waals surface area contributed by atoms with E-state index in [1.54, 1.807) is 7.11 Å². The first-order valence-electron chi connectivity index (χ1n) is 11.8. The number of carboxylic acid groups (broad SMARTS) is 1. The van der Waals surface area contributed by atoms with E-state index in [1.165, 1.54) is 0 Å². The van der Waals surface area contributed by atoms with Crippen molar-refractivity contribution in [2.45, 2.75) is 77.7 Å². The Morgan fingerprint density at radius 2 is 1.66 bits per heavy atom. The highest BCUT2D eigenvalue weighted by Crippen LogP contribution is 2.55. The number of carbonyl (C=O) groups excluding carboxylic acids is 1. The van der Waals surface area contributed by atoms with Crippen LogP contribution in [0, 0.1) is 16.2 Å².